The van der Waals surface area contributed by atoms with Crippen molar-refractivity contribution in [2.45, 2.75) is 57.5 Å². The molecule has 3 amide bonds. The number of pyridine rings is 1. The summed E-state index contributed by atoms with van der Waals surface area (Å²) in [6.07, 6.45) is 7.21. The van der Waals surface area contributed by atoms with Gasteiger partial charge in [-0.25, -0.2) is 0 Å². The summed E-state index contributed by atoms with van der Waals surface area (Å²) in [6.45, 7) is 3.32. The monoisotopic (exact) mass is 439 g/mol. The number of nitrogens with zero attached hydrogens (tertiary/aromatic N) is 3. The van der Waals surface area contributed by atoms with Crippen LogP contribution < -0.4 is 10.6 Å². The van der Waals surface area contributed by atoms with Crippen molar-refractivity contribution in [2.75, 3.05) is 13.1 Å². The number of carbonyl (C=O) groups is 3. The van der Waals surface area contributed by atoms with Gasteiger partial charge in [0.15, 0.2) is 5.69 Å². The fraction of sp³-hybridized carbons (Fsp3) is 0.522. The number of aromatic nitrogens is 2. The predicted molar refractivity (Wildman–Crippen MR) is 115 cm³/mol. The van der Waals surface area contributed by atoms with E-state index in [1.54, 1.807) is 18.5 Å². The molecule has 1 saturated heterocycles. The van der Waals surface area contributed by atoms with Gasteiger partial charge in [-0.15, -0.1) is 0 Å². The average Bonchev–Trinajstić information content (AvgIpc) is 3.57. The molecule has 1 atom stereocenters. The van der Waals surface area contributed by atoms with Crippen LogP contribution in [0.4, 0.5) is 0 Å². The lowest BCUT2D eigenvalue weighted by Crippen LogP contribution is -2.53. The minimum Gasteiger partial charge on any atom is -0.360 e. The van der Waals surface area contributed by atoms with E-state index in [1.807, 2.05) is 24.0 Å². The van der Waals surface area contributed by atoms with Crippen molar-refractivity contribution in [1.29, 1.82) is 0 Å². The standard InChI is InChI=1S/C23H29N5O4/c1-2-20(29)28-10-7-17(8-11-28)21(23(31)25-14-15-4-3-9-24-13-15)26-22(30)18-12-19(32-27-18)16-5-6-16/h3-4,9,12-13,16-17,21H,2,5-8,10-11,14H2,1H3,(H,25,31)(H,26,30). The van der Waals surface area contributed by atoms with Crippen molar-refractivity contribution in [1.82, 2.24) is 25.7 Å². The first-order chi connectivity index (χ1) is 15.5. The number of hydrogen-bond acceptors (Lipinski definition) is 6. The molecule has 0 bridgehead atoms. The van der Waals surface area contributed by atoms with Crippen molar-refractivity contribution in [3.8, 4) is 0 Å². The largest absolute Gasteiger partial charge is 0.360 e. The van der Waals surface area contributed by atoms with Gasteiger partial charge in [0, 0.05) is 50.4 Å². The smallest absolute Gasteiger partial charge is 0.274 e. The van der Waals surface area contributed by atoms with Crippen LogP contribution in [-0.2, 0) is 16.1 Å². The Balaban J connectivity index is 1.43. The Hall–Kier alpha value is -3.23. The van der Waals surface area contributed by atoms with Crippen molar-refractivity contribution in [2.24, 2.45) is 5.92 Å². The molecular weight excluding hydrogens is 410 g/mol. The molecule has 0 radical (unpaired) electrons. The highest BCUT2D eigenvalue weighted by Gasteiger charge is 2.35. The first-order valence-electron chi connectivity index (χ1n) is 11.3. The zero-order chi connectivity index (χ0) is 22.5. The third-order valence-electron chi connectivity index (χ3n) is 6.17. The number of hydrogen-bond donors (Lipinski definition) is 2. The summed E-state index contributed by atoms with van der Waals surface area (Å²) in [5, 5.41) is 9.69. The van der Waals surface area contributed by atoms with Gasteiger partial charge in [0.2, 0.25) is 11.8 Å². The first kappa shape index (κ1) is 22.0. The molecule has 2 aromatic rings. The molecule has 4 rings (SSSR count). The zero-order valence-corrected chi connectivity index (χ0v) is 18.3. The molecule has 1 aliphatic heterocycles. The van der Waals surface area contributed by atoms with Crippen LogP contribution in [0, 0.1) is 5.92 Å². The highest BCUT2D eigenvalue weighted by atomic mass is 16.5. The first-order valence-corrected chi connectivity index (χ1v) is 11.3. The fourth-order valence-electron chi connectivity index (χ4n) is 4.08. The maximum atomic E-state index is 13.1. The molecule has 2 aliphatic rings. The van der Waals surface area contributed by atoms with Crippen molar-refractivity contribution in [3.63, 3.8) is 0 Å². The van der Waals surface area contributed by atoms with Crippen LogP contribution in [0.15, 0.2) is 35.1 Å². The molecule has 2 N–H and O–H groups in total. The maximum Gasteiger partial charge on any atom is 0.274 e. The second-order valence-electron chi connectivity index (χ2n) is 8.49. The van der Waals surface area contributed by atoms with Crippen LogP contribution in [-0.4, -0.2) is 51.9 Å². The molecule has 9 heteroatoms. The van der Waals surface area contributed by atoms with Gasteiger partial charge in [-0.3, -0.25) is 19.4 Å². The van der Waals surface area contributed by atoms with Gasteiger partial charge in [0.05, 0.1) is 0 Å². The molecule has 170 valence electrons. The summed E-state index contributed by atoms with van der Waals surface area (Å²) in [4.78, 5) is 43.9. The highest BCUT2D eigenvalue weighted by Crippen LogP contribution is 2.40. The second kappa shape index (κ2) is 9.93. The van der Waals surface area contributed by atoms with E-state index in [0.717, 1.165) is 24.2 Å². The van der Waals surface area contributed by atoms with Gasteiger partial charge >= 0.3 is 0 Å². The number of piperidine rings is 1. The van der Waals surface area contributed by atoms with E-state index in [2.05, 4.69) is 20.8 Å². The lowest BCUT2D eigenvalue weighted by Gasteiger charge is -2.35. The third kappa shape index (κ3) is 5.33. The Bertz CT molecular complexity index is 948. The topological polar surface area (TPSA) is 117 Å². The zero-order valence-electron chi connectivity index (χ0n) is 18.3. The Morgan fingerprint density at radius 2 is 2.00 bits per heavy atom. The molecule has 1 unspecified atom stereocenters. The normalized spacial score (nSPS) is 17.6. The lowest BCUT2D eigenvalue weighted by molar-refractivity contribution is -0.132. The minimum absolute atomic E-state index is 0.0800. The highest BCUT2D eigenvalue weighted by molar-refractivity contribution is 5.96. The Labute approximate surface area is 186 Å². The molecule has 9 nitrogen and oxygen atoms in total. The van der Waals surface area contributed by atoms with E-state index in [-0.39, 0.29) is 23.4 Å². The number of nitrogens with one attached hydrogen (secondary N) is 2. The van der Waals surface area contributed by atoms with Gasteiger partial charge in [-0.2, -0.15) is 0 Å². The second-order valence-corrected chi connectivity index (χ2v) is 8.49. The van der Waals surface area contributed by atoms with Crippen LogP contribution in [0.5, 0.6) is 0 Å². The fourth-order valence-corrected chi connectivity index (χ4v) is 4.08. The van der Waals surface area contributed by atoms with Crippen molar-refractivity contribution in [3.05, 3.63) is 47.6 Å². The van der Waals surface area contributed by atoms with Gasteiger partial charge in [-0.05, 0) is 43.2 Å². The summed E-state index contributed by atoms with van der Waals surface area (Å²) < 4.78 is 5.29. The maximum absolute atomic E-state index is 13.1. The molecular formula is C23H29N5O4. The predicted octanol–water partition coefficient (Wildman–Crippen LogP) is 2.01. The molecule has 1 aliphatic carbocycles. The van der Waals surface area contributed by atoms with Crippen molar-refractivity contribution < 1.29 is 18.9 Å². The number of likely N-dealkylation sites (tertiary alicyclic amines) is 1. The van der Waals surface area contributed by atoms with Crippen LogP contribution in [0.25, 0.3) is 0 Å². The molecule has 0 aromatic carbocycles. The quantitative estimate of drug-likeness (QED) is 0.650. The number of amides is 3. The Kier molecular flexibility index (Phi) is 6.82. The number of carbonyl (C=O) groups excluding carboxylic acids is 3. The van der Waals surface area contributed by atoms with E-state index in [9.17, 15) is 14.4 Å². The van der Waals surface area contributed by atoms with Crippen LogP contribution in [0.1, 0.15) is 66.8 Å². The summed E-state index contributed by atoms with van der Waals surface area (Å²) in [6, 6.07) is 4.63. The van der Waals surface area contributed by atoms with Crippen LogP contribution in [0.2, 0.25) is 0 Å². The van der Waals surface area contributed by atoms with E-state index < -0.39 is 11.9 Å². The summed E-state index contributed by atoms with van der Waals surface area (Å²) in [7, 11) is 0. The third-order valence-corrected chi connectivity index (χ3v) is 6.17. The van der Waals surface area contributed by atoms with E-state index in [1.165, 1.54) is 0 Å². The van der Waals surface area contributed by atoms with E-state index >= 15 is 0 Å². The molecule has 1 saturated carbocycles. The molecule has 3 heterocycles. The van der Waals surface area contributed by atoms with Gasteiger partial charge in [-0.1, -0.05) is 18.1 Å². The van der Waals surface area contributed by atoms with Gasteiger partial charge in [0.25, 0.3) is 5.91 Å². The molecule has 32 heavy (non-hydrogen) atoms. The lowest BCUT2D eigenvalue weighted by atomic mass is 9.88. The summed E-state index contributed by atoms with van der Waals surface area (Å²) in [5.74, 6) is 0.425. The van der Waals surface area contributed by atoms with E-state index in [4.69, 9.17) is 4.52 Å². The van der Waals surface area contributed by atoms with Gasteiger partial charge in [0.1, 0.15) is 11.8 Å². The molecule has 2 fully saturated rings. The average molecular weight is 440 g/mol. The Morgan fingerprint density at radius 1 is 1.22 bits per heavy atom. The Morgan fingerprint density at radius 3 is 2.66 bits per heavy atom. The van der Waals surface area contributed by atoms with Gasteiger partial charge < -0.3 is 20.1 Å². The van der Waals surface area contributed by atoms with Crippen LogP contribution in [0.3, 0.4) is 0 Å². The summed E-state index contributed by atoms with van der Waals surface area (Å²) >= 11 is 0. The molecule has 2 aromatic heterocycles. The van der Waals surface area contributed by atoms with Crippen molar-refractivity contribution >= 4 is 17.7 Å². The molecule has 0 spiro atoms. The minimum atomic E-state index is -0.723. The summed E-state index contributed by atoms with van der Waals surface area (Å²) in [5.41, 5.74) is 1.07. The van der Waals surface area contributed by atoms with Crippen LogP contribution >= 0.6 is 0 Å². The SMILES string of the molecule is CCC(=O)N1CCC(C(NC(=O)c2cc(C3CC3)on2)C(=O)NCc2cccnc2)CC1. The number of rotatable bonds is 8. The van der Waals surface area contributed by atoms with E-state index in [0.29, 0.717) is 44.8 Å².